The van der Waals surface area contributed by atoms with Crippen LogP contribution in [0.3, 0.4) is 0 Å². The van der Waals surface area contributed by atoms with Crippen LogP contribution in [0.15, 0.2) is 0 Å². The van der Waals surface area contributed by atoms with Crippen molar-refractivity contribution in [3.05, 3.63) is 0 Å². The Bertz CT molecular complexity index is 376. The molecule has 0 aromatic carbocycles. The molecule has 0 amide bonds. The summed E-state index contributed by atoms with van der Waals surface area (Å²) in [5.74, 6) is 0.472. The second kappa shape index (κ2) is 6.49. The van der Waals surface area contributed by atoms with E-state index in [1.807, 2.05) is 0 Å². The molecular formula is C12H25N3O3S. The van der Waals surface area contributed by atoms with Crippen LogP contribution in [0.1, 0.15) is 25.7 Å². The van der Waals surface area contributed by atoms with Gasteiger partial charge < -0.3 is 10.5 Å². The van der Waals surface area contributed by atoms with Gasteiger partial charge in [-0.25, -0.2) is 0 Å². The minimum absolute atomic E-state index is 0.187. The molecule has 0 unspecified atom stereocenters. The summed E-state index contributed by atoms with van der Waals surface area (Å²) in [5.41, 5.74) is 5.65. The molecule has 0 bridgehead atoms. The molecule has 0 aromatic rings. The predicted octanol–water partition coefficient (Wildman–Crippen LogP) is 0.0127. The fraction of sp³-hybridized carbons (Fsp3) is 1.00. The minimum Gasteiger partial charge on any atom is -0.383 e. The van der Waals surface area contributed by atoms with Crippen molar-refractivity contribution in [2.24, 2.45) is 11.7 Å². The second-order valence-electron chi connectivity index (χ2n) is 5.42. The summed E-state index contributed by atoms with van der Waals surface area (Å²) in [5, 5.41) is 0. The molecule has 2 aliphatic rings. The number of hydrogen-bond acceptors (Lipinski definition) is 4. The average molecular weight is 291 g/mol. The van der Waals surface area contributed by atoms with Gasteiger partial charge >= 0.3 is 0 Å². The van der Waals surface area contributed by atoms with E-state index < -0.39 is 10.2 Å². The van der Waals surface area contributed by atoms with Crippen LogP contribution in [0.4, 0.5) is 0 Å². The molecule has 1 saturated carbocycles. The second-order valence-corrected chi connectivity index (χ2v) is 7.30. The third-order valence-corrected chi connectivity index (χ3v) is 6.09. The first-order chi connectivity index (χ1) is 9.09. The van der Waals surface area contributed by atoms with Crippen molar-refractivity contribution in [2.75, 3.05) is 39.9 Å². The fourth-order valence-corrected chi connectivity index (χ4v) is 4.42. The Morgan fingerprint density at radius 1 is 1.26 bits per heavy atom. The van der Waals surface area contributed by atoms with E-state index in [9.17, 15) is 8.42 Å². The van der Waals surface area contributed by atoms with Crippen molar-refractivity contribution in [2.45, 2.75) is 31.7 Å². The van der Waals surface area contributed by atoms with Gasteiger partial charge in [-0.05, 0) is 38.1 Å². The van der Waals surface area contributed by atoms with Crippen molar-refractivity contribution in [3.8, 4) is 0 Å². The van der Waals surface area contributed by atoms with Crippen LogP contribution in [-0.2, 0) is 14.9 Å². The highest BCUT2D eigenvalue weighted by atomic mass is 32.2. The Balaban J connectivity index is 1.99. The average Bonchev–Trinajstić information content (AvgIpc) is 3.23. The van der Waals surface area contributed by atoms with Gasteiger partial charge in [-0.15, -0.1) is 0 Å². The summed E-state index contributed by atoms with van der Waals surface area (Å²) in [4.78, 5) is 0. The van der Waals surface area contributed by atoms with Crippen LogP contribution in [0, 0.1) is 5.92 Å². The number of nitrogens with two attached hydrogens (primary N) is 1. The maximum absolute atomic E-state index is 12.6. The van der Waals surface area contributed by atoms with Crippen molar-refractivity contribution in [1.82, 2.24) is 8.61 Å². The summed E-state index contributed by atoms with van der Waals surface area (Å²) in [6, 6.07) is 0.187. The van der Waals surface area contributed by atoms with E-state index in [0.29, 0.717) is 38.7 Å². The smallest absolute Gasteiger partial charge is 0.282 e. The quantitative estimate of drug-likeness (QED) is 0.717. The van der Waals surface area contributed by atoms with E-state index in [-0.39, 0.29) is 6.04 Å². The summed E-state index contributed by atoms with van der Waals surface area (Å²) >= 11 is 0. The highest BCUT2D eigenvalue weighted by Gasteiger charge is 2.40. The lowest BCUT2D eigenvalue weighted by Gasteiger charge is -2.34. The first kappa shape index (κ1) is 15.2. The molecule has 0 radical (unpaired) electrons. The Kier molecular flexibility index (Phi) is 5.19. The molecule has 2 fully saturated rings. The van der Waals surface area contributed by atoms with Crippen LogP contribution in [0.2, 0.25) is 0 Å². The van der Waals surface area contributed by atoms with Crippen LogP contribution in [0.25, 0.3) is 0 Å². The van der Waals surface area contributed by atoms with Crippen molar-refractivity contribution >= 4 is 10.2 Å². The van der Waals surface area contributed by atoms with Crippen LogP contribution in [0.5, 0.6) is 0 Å². The lowest BCUT2D eigenvalue weighted by molar-refractivity contribution is 0.171. The van der Waals surface area contributed by atoms with Crippen molar-refractivity contribution < 1.29 is 13.2 Å². The van der Waals surface area contributed by atoms with Gasteiger partial charge in [-0.2, -0.15) is 17.0 Å². The molecule has 1 aliphatic heterocycles. The SMILES string of the molecule is COCCN(C1CC1)S(=O)(=O)N1CCC(CN)CC1. The molecule has 1 saturated heterocycles. The number of methoxy groups -OCH3 is 1. The first-order valence-electron chi connectivity index (χ1n) is 7.05. The maximum atomic E-state index is 12.6. The van der Waals surface area contributed by atoms with Crippen LogP contribution >= 0.6 is 0 Å². The summed E-state index contributed by atoms with van der Waals surface area (Å²) in [7, 11) is -1.72. The van der Waals surface area contributed by atoms with Crippen molar-refractivity contribution in [3.63, 3.8) is 0 Å². The highest BCUT2D eigenvalue weighted by Crippen LogP contribution is 2.31. The number of hydrogen-bond donors (Lipinski definition) is 1. The van der Waals surface area contributed by atoms with Crippen LogP contribution < -0.4 is 5.73 Å². The molecule has 0 atom stereocenters. The van der Waals surface area contributed by atoms with Gasteiger partial charge in [0.2, 0.25) is 0 Å². The topological polar surface area (TPSA) is 75.9 Å². The van der Waals surface area contributed by atoms with E-state index in [1.165, 1.54) is 0 Å². The molecule has 1 aliphatic carbocycles. The maximum Gasteiger partial charge on any atom is 0.282 e. The highest BCUT2D eigenvalue weighted by molar-refractivity contribution is 7.86. The zero-order chi connectivity index (χ0) is 13.9. The zero-order valence-electron chi connectivity index (χ0n) is 11.6. The van der Waals surface area contributed by atoms with E-state index in [2.05, 4.69) is 0 Å². The molecule has 19 heavy (non-hydrogen) atoms. The Morgan fingerprint density at radius 3 is 2.37 bits per heavy atom. The third-order valence-electron chi connectivity index (χ3n) is 4.00. The molecule has 0 spiro atoms. The lowest BCUT2D eigenvalue weighted by Crippen LogP contribution is -2.49. The largest absolute Gasteiger partial charge is 0.383 e. The number of piperidine rings is 1. The predicted molar refractivity (Wildman–Crippen MR) is 73.9 cm³/mol. The normalized spacial score (nSPS) is 23.1. The monoisotopic (exact) mass is 291 g/mol. The van der Waals surface area contributed by atoms with Gasteiger partial charge in [0.05, 0.1) is 6.61 Å². The number of rotatable bonds is 7. The van der Waals surface area contributed by atoms with E-state index in [4.69, 9.17) is 10.5 Å². The lowest BCUT2D eigenvalue weighted by atomic mass is 9.99. The molecular weight excluding hydrogens is 266 g/mol. The van der Waals surface area contributed by atoms with Gasteiger partial charge in [0, 0.05) is 32.8 Å². The Morgan fingerprint density at radius 2 is 1.89 bits per heavy atom. The van der Waals surface area contributed by atoms with E-state index in [0.717, 1.165) is 25.7 Å². The molecule has 112 valence electrons. The molecule has 2 N–H and O–H groups in total. The summed E-state index contributed by atoms with van der Waals surface area (Å²) in [6.07, 6.45) is 3.70. The fourth-order valence-electron chi connectivity index (χ4n) is 2.55. The molecule has 7 heteroatoms. The Labute approximate surface area is 116 Å². The zero-order valence-corrected chi connectivity index (χ0v) is 12.4. The van der Waals surface area contributed by atoms with Gasteiger partial charge in [0.25, 0.3) is 10.2 Å². The molecule has 1 heterocycles. The van der Waals surface area contributed by atoms with Crippen molar-refractivity contribution in [1.29, 1.82) is 0 Å². The van der Waals surface area contributed by atoms with Gasteiger partial charge in [-0.1, -0.05) is 0 Å². The van der Waals surface area contributed by atoms with Gasteiger partial charge in [0.15, 0.2) is 0 Å². The summed E-state index contributed by atoms with van der Waals surface area (Å²) < 4.78 is 33.5. The number of ether oxygens (including phenoxy) is 1. The molecule has 2 rings (SSSR count). The Hall–Kier alpha value is -0.210. The van der Waals surface area contributed by atoms with E-state index in [1.54, 1.807) is 15.7 Å². The van der Waals surface area contributed by atoms with E-state index >= 15 is 0 Å². The van der Waals surface area contributed by atoms with Gasteiger partial charge in [-0.3, -0.25) is 0 Å². The van der Waals surface area contributed by atoms with Crippen LogP contribution in [-0.4, -0.2) is 63.0 Å². The standard InChI is InChI=1S/C12H25N3O3S/c1-18-9-8-15(12-2-3-12)19(16,17)14-6-4-11(10-13)5-7-14/h11-12H,2-10,13H2,1H3. The first-order valence-corrected chi connectivity index (χ1v) is 8.45. The minimum atomic E-state index is -3.32. The summed E-state index contributed by atoms with van der Waals surface area (Å²) in [6.45, 7) is 2.76. The third kappa shape index (κ3) is 3.66. The van der Waals surface area contributed by atoms with Gasteiger partial charge in [0.1, 0.15) is 0 Å². The number of nitrogens with zero attached hydrogens (tertiary/aromatic N) is 2. The molecule has 6 nitrogen and oxygen atoms in total. The molecule has 0 aromatic heterocycles.